The molecule has 0 aliphatic heterocycles. The summed E-state index contributed by atoms with van der Waals surface area (Å²) in [6, 6.07) is 3.14. The van der Waals surface area contributed by atoms with Crippen LogP contribution in [0.3, 0.4) is 0 Å². The molecular formula is C11H9ClN4O3. The van der Waals surface area contributed by atoms with Crippen molar-refractivity contribution in [1.29, 1.82) is 0 Å². The second-order valence-electron chi connectivity index (χ2n) is 3.62. The Morgan fingerprint density at radius 2 is 2.16 bits per heavy atom. The summed E-state index contributed by atoms with van der Waals surface area (Å²) < 4.78 is 4.98. The molecule has 0 spiro atoms. The number of hydrogen-bond donors (Lipinski definition) is 0. The van der Waals surface area contributed by atoms with Crippen molar-refractivity contribution < 1.29 is 9.66 Å². The lowest BCUT2D eigenvalue weighted by Gasteiger charge is -2.06. The average molecular weight is 281 g/mol. The van der Waals surface area contributed by atoms with Gasteiger partial charge in [0.05, 0.1) is 12.0 Å². The highest BCUT2D eigenvalue weighted by atomic mass is 35.5. The van der Waals surface area contributed by atoms with Crippen molar-refractivity contribution in [2.24, 2.45) is 0 Å². The highest BCUT2D eigenvalue weighted by Crippen LogP contribution is 2.31. The Hall–Kier alpha value is -2.28. The van der Waals surface area contributed by atoms with Gasteiger partial charge in [0.15, 0.2) is 5.69 Å². The fourth-order valence-corrected chi connectivity index (χ4v) is 1.83. The molecule has 0 saturated carbocycles. The smallest absolute Gasteiger partial charge is 0.316 e. The van der Waals surface area contributed by atoms with Crippen LogP contribution in [0.1, 0.15) is 5.69 Å². The highest BCUT2D eigenvalue weighted by Gasteiger charge is 2.23. The van der Waals surface area contributed by atoms with E-state index in [4.69, 9.17) is 16.3 Å². The number of hydrogen-bond acceptors (Lipinski definition) is 6. The number of nitrogens with zero attached hydrogens (tertiary/aromatic N) is 4. The molecule has 7 nitrogen and oxygen atoms in total. The van der Waals surface area contributed by atoms with Gasteiger partial charge in [-0.2, -0.15) is 0 Å². The monoisotopic (exact) mass is 280 g/mol. The molecule has 0 N–H and O–H groups in total. The van der Waals surface area contributed by atoms with E-state index in [1.807, 2.05) is 0 Å². The third kappa shape index (κ3) is 2.60. The first-order chi connectivity index (χ1) is 9.02. The summed E-state index contributed by atoms with van der Waals surface area (Å²) in [5.74, 6) is 0.333. The Labute approximate surface area is 113 Å². The van der Waals surface area contributed by atoms with Gasteiger partial charge in [-0.1, -0.05) is 0 Å². The fourth-order valence-electron chi connectivity index (χ4n) is 1.62. The predicted molar refractivity (Wildman–Crippen MR) is 68.2 cm³/mol. The first-order valence-corrected chi connectivity index (χ1v) is 5.59. The average Bonchev–Trinajstić information content (AvgIpc) is 2.37. The van der Waals surface area contributed by atoms with E-state index in [-0.39, 0.29) is 22.4 Å². The minimum atomic E-state index is -0.534. The Bertz CT molecular complexity index is 648. The number of nitro groups is 1. The van der Waals surface area contributed by atoms with Crippen molar-refractivity contribution in [3.63, 3.8) is 0 Å². The second-order valence-corrected chi connectivity index (χ2v) is 3.96. The molecule has 0 fully saturated rings. The lowest BCUT2D eigenvalue weighted by Crippen LogP contribution is -2.01. The van der Waals surface area contributed by atoms with Crippen LogP contribution >= 0.6 is 11.6 Å². The summed E-state index contributed by atoms with van der Waals surface area (Å²) in [6.45, 7) is 1.51. The molecule has 2 aromatic heterocycles. The maximum Gasteiger partial charge on any atom is 0.316 e. The van der Waals surface area contributed by atoms with Crippen LogP contribution in [0.15, 0.2) is 18.3 Å². The van der Waals surface area contributed by atoms with Crippen molar-refractivity contribution in [2.45, 2.75) is 6.92 Å². The number of rotatable bonds is 3. The summed E-state index contributed by atoms with van der Waals surface area (Å²) in [4.78, 5) is 22.2. The van der Waals surface area contributed by atoms with Crippen LogP contribution in [0.5, 0.6) is 5.88 Å². The van der Waals surface area contributed by atoms with E-state index in [0.29, 0.717) is 11.4 Å². The molecule has 19 heavy (non-hydrogen) atoms. The first kappa shape index (κ1) is 13.2. The SMILES string of the molecule is COc1cc(-c2nc(Cl)nc(C)c2[N+](=O)[O-])ccn1. The minimum absolute atomic E-state index is 0.0473. The maximum absolute atomic E-state index is 11.1. The van der Waals surface area contributed by atoms with E-state index >= 15 is 0 Å². The number of aryl methyl sites for hydroxylation is 1. The van der Waals surface area contributed by atoms with Gasteiger partial charge in [-0.25, -0.2) is 15.0 Å². The largest absolute Gasteiger partial charge is 0.481 e. The fraction of sp³-hybridized carbons (Fsp3) is 0.182. The minimum Gasteiger partial charge on any atom is -0.481 e. The van der Waals surface area contributed by atoms with Crippen molar-refractivity contribution in [3.05, 3.63) is 39.4 Å². The van der Waals surface area contributed by atoms with E-state index < -0.39 is 4.92 Å². The molecular weight excluding hydrogens is 272 g/mol. The molecule has 0 amide bonds. The Morgan fingerprint density at radius 3 is 2.79 bits per heavy atom. The molecule has 98 valence electrons. The lowest BCUT2D eigenvalue weighted by atomic mass is 10.1. The molecule has 0 bridgehead atoms. The third-order valence-electron chi connectivity index (χ3n) is 2.43. The number of halogens is 1. The van der Waals surface area contributed by atoms with Gasteiger partial charge in [0, 0.05) is 17.8 Å². The van der Waals surface area contributed by atoms with Gasteiger partial charge in [-0.15, -0.1) is 0 Å². The van der Waals surface area contributed by atoms with Gasteiger partial charge in [0.25, 0.3) is 0 Å². The van der Waals surface area contributed by atoms with Gasteiger partial charge >= 0.3 is 5.69 Å². The molecule has 2 aromatic rings. The van der Waals surface area contributed by atoms with Gasteiger partial charge < -0.3 is 4.74 Å². The van der Waals surface area contributed by atoms with Gasteiger partial charge in [0.2, 0.25) is 11.2 Å². The summed E-state index contributed by atoms with van der Waals surface area (Å²) in [5.41, 5.74) is 0.655. The Balaban J connectivity index is 2.69. The zero-order valence-electron chi connectivity index (χ0n) is 10.1. The Morgan fingerprint density at radius 1 is 1.42 bits per heavy atom. The van der Waals surface area contributed by atoms with Crippen molar-refractivity contribution >= 4 is 17.3 Å². The zero-order chi connectivity index (χ0) is 14.0. The predicted octanol–water partition coefficient (Wildman–Crippen LogP) is 2.42. The molecule has 0 unspecified atom stereocenters. The summed E-state index contributed by atoms with van der Waals surface area (Å²) >= 11 is 5.76. The highest BCUT2D eigenvalue weighted by molar-refractivity contribution is 6.28. The lowest BCUT2D eigenvalue weighted by molar-refractivity contribution is -0.385. The summed E-state index contributed by atoms with van der Waals surface area (Å²) in [5, 5.41) is 11.1. The van der Waals surface area contributed by atoms with Gasteiger partial charge in [-0.3, -0.25) is 10.1 Å². The molecule has 0 radical (unpaired) electrons. The molecule has 0 aliphatic carbocycles. The molecule has 2 heterocycles. The van der Waals surface area contributed by atoms with Crippen LogP contribution in [0, 0.1) is 17.0 Å². The number of pyridine rings is 1. The first-order valence-electron chi connectivity index (χ1n) is 5.22. The van der Waals surface area contributed by atoms with Gasteiger partial charge in [-0.05, 0) is 24.6 Å². The quantitative estimate of drug-likeness (QED) is 0.487. The number of methoxy groups -OCH3 is 1. The maximum atomic E-state index is 11.1. The second kappa shape index (κ2) is 5.15. The van der Waals surface area contributed by atoms with E-state index in [0.717, 1.165) is 0 Å². The molecule has 0 atom stereocenters. The van der Waals surface area contributed by atoms with Crippen LogP contribution in [-0.2, 0) is 0 Å². The third-order valence-corrected chi connectivity index (χ3v) is 2.60. The molecule has 0 saturated heterocycles. The molecule has 0 aliphatic rings. The van der Waals surface area contributed by atoms with Crippen LogP contribution < -0.4 is 4.74 Å². The number of ether oxygens (including phenoxy) is 1. The van der Waals surface area contributed by atoms with Crippen LogP contribution in [-0.4, -0.2) is 27.0 Å². The van der Waals surface area contributed by atoms with Crippen molar-refractivity contribution in [1.82, 2.24) is 15.0 Å². The number of aromatic nitrogens is 3. The summed E-state index contributed by atoms with van der Waals surface area (Å²) in [7, 11) is 1.46. The van der Waals surface area contributed by atoms with E-state index in [2.05, 4.69) is 15.0 Å². The normalized spacial score (nSPS) is 10.3. The summed E-state index contributed by atoms with van der Waals surface area (Å²) in [6.07, 6.45) is 1.48. The molecule has 8 heteroatoms. The van der Waals surface area contributed by atoms with Crippen molar-refractivity contribution in [2.75, 3.05) is 7.11 Å². The van der Waals surface area contributed by atoms with Gasteiger partial charge in [0.1, 0.15) is 5.69 Å². The van der Waals surface area contributed by atoms with Crippen LogP contribution in [0.4, 0.5) is 5.69 Å². The topological polar surface area (TPSA) is 91.0 Å². The molecule has 2 rings (SSSR count). The zero-order valence-corrected chi connectivity index (χ0v) is 10.9. The van der Waals surface area contributed by atoms with E-state index in [1.54, 1.807) is 12.1 Å². The van der Waals surface area contributed by atoms with E-state index in [9.17, 15) is 10.1 Å². The van der Waals surface area contributed by atoms with Crippen molar-refractivity contribution in [3.8, 4) is 17.1 Å². The molecule has 0 aromatic carbocycles. The standard InChI is InChI=1S/C11H9ClN4O3/c1-6-10(16(17)18)9(15-11(12)14-6)7-3-4-13-8(5-7)19-2/h3-5H,1-2H3. The van der Waals surface area contributed by atoms with Crippen LogP contribution in [0.2, 0.25) is 5.28 Å². The Kier molecular flexibility index (Phi) is 3.57. The van der Waals surface area contributed by atoms with Crippen LogP contribution in [0.25, 0.3) is 11.3 Å². The van der Waals surface area contributed by atoms with E-state index in [1.165, 1.54) is 20.2 Å².